The second kappa shape index (κ2) is 8.51. The molecule has 0 N–H and O–H groups in total. The molecule has 1 saturated carbocycles. The van der Waals surface area contributed by atoms with Gasteiger partial charge >= 0.3 is 0 Å². The highest BCUT2D eigenvalue weighted by Crippen LogP contribution is 2.38. The fourth-order valence-electron chi connectivity index (χ4n) is 4.54. The zero-order valence-electron chi connectivity index (χ0n) is 17.1. The highest BCUT2D eigenvalue weighted by molar-refractivity contribution is 5.90. The van der Waals surface area contributed by atoms with Crippen molar-refractivity contribution in [2.24, 2.45) is 5.92 Å². The van der Waals surface area contributed by atoms with Gasteiger partial charge in [0.05, 0.1) is 5.39 Å². The Morgan fingerprint density at radius 3 is 2.20 bits per heavy atom. The van der Waals surface area contributed by atoms with E-state index < -0.39 is 17.5 Å². The van der Waals surface area contributed by atoms with E-state index in [2.05, 4.69) is 6.58 Å². The van der Waals surface area contributed by atoms with Crippen LogP contribution >= 0.6 is 0 Å². The van der Waals surface area contributed by atoms with E-state index in [0.29, 0.717) is 22.8 Å². The first-order valence-electron chi connectivity index (χ1n) is 10.5. The molecule has 3 heteroatoms. The summed E-state index contributed by atoms with van der Waals surface area (Å²) >= 11 is 0. The SMILES string of the molecule is C=CC1CCC(c2ccc(-c3cc4ccc(/C=C/C)c(F)c4c(F)c3F)cc2)CC1. The Morgan fingerprint density at radius 2 is 1.57 bits per heavy atom. The van der Waals surface area contributed by atoms with Crippen molar-refractivity contribution in [2.75, 3.05) is 0 Å². The lowest BCUT2D eigenvalue weighted by Gasteiger charge is -2.27. The number of halogens is 3. The van der Waals surface area contributed by atoms with Gasteiger partial charge in [0.2, 0.25) is 0 Å². The van der Waals surface area contributed by atoms with E-state index in [0.717, 1.165) is 25.7 Å². The highest BCUT2D eigenvalue weighted by atomic mass is 19.2. The van der Waals surface area contributed by atoms with Gasteiger partial charge in [0, 0.05) is 11.1 Å². The molecule has 0 aromatic heterocycles. The molecule has 4 rings (SSSR count). The van der Waals surface area contributed by atoms with Gasteiger partial charge in [-0.05, 0) is 67.0 Å². The first-order valence-corrected chi connectivity index (χ1v) is 10.5. The summed E-state index contributed by atoms with van der Waals surface area (Å²) in [6.45, 7) is 5.64. The molecule has 0 heterocycles. The average Bonchev–Trinajstić information content (AvgIpc) is 2.78. The van der Waals surface area contributed by atoms with Crippen LogP contribution in [0.5, 0.6) is 0 Å². The molecule has 0 radical (unpaired) electrons. The average molecular weight is 406 g/mol. The van der Waals surface area contributed by atoms with Gasteiger partial charge in [-0.3, -0.25) is 0 Å². The van der Waals surface area contributed by atoms with Gasteiger partial charge in [-0.25, -0.2) is 13.2 Å². The van der Waals surface area contributed by atoms with E-state index in [4.69, 9.17) is 0 Å². The molecule has 3 aromatic rings. The van der Waals surface area contributed by atoms with E-state index in [-0.39, 0.29) is 16.5 Å². The predicted molar refractivity (Wildman–Crippen MR) is 119 cm³/mol. The summed E-state index contributed by atoms with van der Waals surface area (Å²) in [5, 5.41) is 0.0453. The summed E-state index contributed by atoms with van der Waals surface area (Å²) < 4.78 is 44.4. The standard InChI is InChI=1S/C27H25F3/c1-3-5-21-14-15-22-16-23(26(29)27(30)24(22)25(21)28)20-12-10-19(11-13-20)18-8-6-17(4-2)7-9-18/h3-5,10-18H,2,6-9H2,1H3/b5-3+. The zero-order valence-corrected chi connectivity index (χ0v) is 17.1. The van der Waals surface area contributed by atoms with Crippen molar-refractivity contribution in [3.63, 3.8) is 0 Å². The first-order chi connectivity index (χ1) is 14.5. The molecule has 154 valence electrons. The van der Waals surface area contributed by atoms with Gasteiger partial charge in [-0.15, -0.1) is 6.58 Å². The van der Waals surface area contributed by atoms with E-state index in [9.17, 15) is 13.2 Å². The maximum atomic E-state index is 14.9. The van der Waals surface area contributed by atoms with Crippen molar-refractivity contribution in [2.45, 2.75) is 38.5 Å². The Kier molecular flexibility index (Phi) is 5.80. The second-order valence-electron chi connectivity index (χ2n) is 8.09. The molecule has 30 heavy (non-hydrogen) atoms. The number of hydrogen-bond acceptors (Lipinski definition) is 0. The monoisotopic (exact) mass is 406 g/mol. The Balaban J connectivity index is 1.69. The third-order valence-electron chi connectivity index (χ3n) is 6.30. The van der Waals surface area contributed by atoms with Gasteiger partial charge < -0.3 is 0 Å². The van der Waals surface area contributed by atoms with Gasteiger partial charge in [-0.1, -0.05) is 54.6 Å². The molecule has 0 saturated heterocycles. The number of rotatable bonds is 4. The van der Waals surface area contributed by atoms with Crippen LogP contribution in [-0.4, -0.2) is 0 Å². The lowest BCUT2D eigenvalue weighted by molar-refractivity contribution is 0.376. The van der Waals surface area contributed by atoms with Crippen molar-refractivity contribution < 1.29 is 13.2 Å². The largest absolute Gasteiger partial charge is 0.206 e. The fraction of sp³-hybridized carbons (Fsp3) is 0.259. The predicted octanol–water partition coefficient (Wildman–Crippen LogP) is 8.42. The van der Waals surface area contributed by atoms with Crippen LogP contribution < -0.4 is 0 Å². The van der Waals surface area contributed by atoms with Gasteiger partial charge in [0.1, 0.15) is 5.82 Å². The highest BCUT2D eigenvalue weighted by Gasteiger charge is 2.22. The smallest absolute Gasteiger partial charge is 0.170 e. The van der Waals surface area contributed by atoms with Crippen LogP contribution in [0.25, 0.3) is 28.0 Å². The summed E-state index contributed by atoms with van der Waals surface area (Å²) in [6.07, 6.45) is 9.76. The molecular weight excluding hydrogens is 381 g/mol. The molecule has 0 nitrogen and oxygen atoms in total. The lowest BCUT2D eigenvalue weighted by Crippen LogP contribution is -2.11. The topological polar surface area (TPSA) is 0 Å². The minimum absolute atomic E-state index is 0.153. The molecule has 0 spiro atoms. The van der Waals surface area contributed by atoms with Crippen molar-refractivity contribution in [3.8, 4) is 11.1 Å². The van der Waals surface area contributed by atoms with Gasteiger partial charge in [-0.2, -0.15) is 0 Å². The second-order valence-corrected chi connectivity index (χ2v) is 8.09. The molecule has 0 aliphatic heterocycles. The molecule has 0 atom stereocenters. The molecule has 1 fully saturated rings. The maximum Gasteiger partial charge on any atom is 0.170 e. The Labute approximate surface area is 175 Å². The third-order valence-corrected chi connectivity index (χ3v) is 6.30. The number of hydrogen-bond donors (Lipinski definition) is 0. The lowest BCUT2D eigenvalue weighted by atomic mass is 9.78. The fourth-order valence-corrected chi connectivity index (χ4v) is 4.54. The number of benzene rings is 3. The van der Waals surface area contributed by atoms with Crippen molar-refractivity contribution in [1.82, 2.24) is 0 Å². The normalized spacial score (nSPS) is 19.5. The summed E-state index contributed by atoms with van der Waals surface area (Å²) in [6, 6.07) is 12.4. The van der Waals surface area contributed by atoms with Crippen LogP contribution in [-0.2, 0) is 0 Å². The third kappa shape index (κ3) is 3.69. The molecule has 1 aliphatic rings. The van der Waals surface area contributed by atoms with Gasteiger partial charge in [0.15, 0.2) is 11.6 Å². The quantitative estimate of drug-likeness (QED) is 0.381. The molecule has 0 amide bonds. The Morgan fingerprint density at radius 1 is 0.867 bits per heavy atom. The molecule has 3 aromatic carbocycles. The van der Waals surface area contributed by atoms with E-state index >= 15 is 0 Å². The minimum Gasteiger partial charge on any atom is -0.206 e. The molecule has 0 unspecified atom stereocenters. The molecular formula is C27H25F3. The molecule has 1 aliphatic carbocycles. The number of fused-ring (bicyclic) bond motifs is 1. The van der Waals surface area contributed by atoms with Crippen LogP contribution in [0.2, 0.25) is 0 Å². The Hall–Kier alpha value is -2.81. The maximum absolute atomic E-state index is 14.9. The van der Waals surface area contributed by atoms with E-state index in [1.165, 1.54) is 11.6 Å². The van der Waals surface area contributed by atoms with Crippen LogP contribution in [0.4, 0.5) is 13.2 Å². The minimum atomic E-state index is -1.14. The van der Waals surface area contributed by atoms with Crippen LogP contribution in [0.1, 0.15) is 49.7 Å². The van der Waals surface area contributed by atoms with E-state index in [1.807, 2.05) is 30.3 Å². The summed E-state index contributed by atoms with van der Waals surface area (Å²) in [5.74, 6) is -1.80. The summed E-state index contributed by atoms with van der Waals surface area (Å²) in [5.41, 5.74) is 2.21. The van der Waals surface area contributed by atoms with Crippen LogP contribution in [0, 0.1) is 23.4 Å². The summed E-state index contributed by atoms with van der Waals surface area (Å²) in [7, 11) is 0. The van der Waals surface area contributed by atoms with Gasteiger partial charge in [0.25, 0.3) is 0 Å². The van der Waals surface area contributed by atoms with Crippen molar-refractivity contribution in [1.29, 1.82) is 0 Å². The van der Waals surface area contributed by atoms with Crippen molar-refractivity contribution >= 4 is 16.8 Å². The zero-order chi connectivity index (χ0) is 21.3. The van der Waals surface area contributed by atoms with Crippen LogP contribution in [0.3, 0.4) is 0 Å². The summed E-state index contributed by atoms with van der Waals surface area (Å²) in [4.78, 5) is 0. The molecule has 0 bridgehead atoms. The Bertz CT molecular complexity index is 1100. The first kappa shape index (κ1) is 20.5. The van der Waals surface area contributed by atoms with Crippen LogP contribution in [0.15, 0.2) is 61.2 Å². The van der Waals surface area contributed by atoms with E-state index in [1.54, 1.807) is 31.2 Å². The van der Waals surface area contributed by atoms with Crippen molar-refractivity contribution in [3.05, 3.63) is 89.8 Å². The number of allylic oxidation sites excluding steroid dienone is 2.